The van der Waals surface area contributed by atoms with E-state index in [1.807, 2.05) is 13.0 Å². The Morgan fingerprint density at radius 1 is 1.38 bits per heavy atom. The van der Waals surface area contributed by atoms with Gasteiger partial charge in [-0.05, 0) is 40.9 Å². The van der Waals surface area contributed by atoms with Crippen molar-refractivity contribution in [3.8, 4) is 0 Å². The highest BCUT2D eigenvalue weighted by atomic mass is 79.9. The Bertz CT molecular complexity index is 393. The van der Waals surface area contributed by atoms with Crippen LogP contribution in [0.25, 0.3) is 0 Å². The van der Waals surface area contributed by atoms with E-state index in [4.69, 9.17) is 11.6 Å². The van der Waals surface area contributed by atoms with Crippen molar-refractivity contribution in [2.45, 2.75) is 26.8 Å². The third-order valence-electron chi connectivity index (χ3n) is 2.55. The summed E-state index contributed by atoms with van der Waals surface area (Å²) in [6.07, 6.45) is 0. The Morgan fingerprint density at radius 3 is 2.56 bits per heavy atom. The standard InChI is InChI=1S/C12H15BrClNO/c1-7(2)8(3)15-12(16)9-5-4-6-10(13)11(9)14/h4-8H,1-3H3,(H,15,16). The fourth-order valence-corrected chi connectivity index (χ4v) is 1.71. The Morgan fingerprint density at radius 2 is 2.00 bits per heavy atom. The van der Waals surface area contributed by atoms with Crippen molar-refractivity contribution in [3.05, 3.63) is 33.3 Å². The molecule has 0 aromatic heterocycles. The summed E-state index contributed by atoms with van der Waals surface area (Å²) in [6, 6.07) is 5.45. The van der Waals surface area contributed by atoms with Gasteiger partial charge in [0, 0.05) is 10.5 Å². The quantitative estimate of drug-likeness (QED) is 0.902. The number of hydrogen-bond acceptors (Lipinski definition) is 1. The molecule has 2 nitrogen and oxygen atoms in total. The molecule has 1 amide bonds. The Hall–Kier alpha value is -0.540. The molecular formula is C12H15BrClNO. The van der Waals surface area contributed by atoms with Crippen LogP contribution >= 0.6 is 27.5 Å². The maximum Gasteiger partial charge on any atom is 0.253 e. The molecule has 0 spiro atoms. The van der Waals surface area contributed by atoms with E-state index < -0.39 is 0 Å². The van der Waals surface area contributed by atoms with Crippen molar-refractivity contribution in [3.63, 3.8) is 0 Å². The molecule has 0 heterocycles. The van der Waals surface area contributed by atoms with Crippen LogP contribution in [0.3, 0.4) is 0 Å². The highest BCUT2D eigenvalue weighted by Gasteiger charge is 2.15. The van der Waals surface area contributed by atoms with Gasteiger partial charge in [0.15, 0.2) is 0 Å². The average molecular weight is 305 g/mol. The Balaban J connectivity index is 2.85. The van der Waals surface area contributed by atoms with E-state index in [0.717, 1.165) is 4.47 Å². The van der Waals surface area contributed by atoms with E-state index in [1.165, 1.54) is 0 Å². The highest BCUT2D eigenvalue weighted by Crippen LogP contribution is 2.26. The first kappa shape index (κ1) is 13.5. The van der Waals surface area contributed by atoms with Crippen LogP contribution < -0.4 is 5.32 Å². The third kappa shape index (κ3) is 3.22. The van der Waals surface area contributed by atoms with Crippen LogP contribution in [0.5, 0.6) is 0 Å². The fourth-order valence-electron chi connectivity index (χ4n) is 1.13. The van der Waals surface area contributed by atoms with E-state index in [0.29, 0.717) is 16.5 Å². The molecular weight excluding hydrogens is 289 g/mol. The number of benzene rings is 1. The normalized spacial score (nSPS) is 12.6. The monoisotopic (exact) mass is 303 g/mol. The number of nitrogens with one attached hydrogen (secondary N) is 1. The van der Waals surface area contributed by atoms with Gasteiger partial charge in [-0.25, -0.2) is 0 Å². The lowest BCUT2D eigenvalue weighted by atomic mass is 10.1. The van der Waals surface area contributed by atoms with Crippen molar-refractivity contribution in [2.75, 3.05) is 0 Å². The molecule has 88 valence electrons. The van der Waals surface area contributed by atoms with Gasteiger partial charge in [-0.3, -0.25) is 4.79 Å². The zero-order valence-electron chi connectivity index (χ0n) is 9.55. The van der Waals surface area contributed by atoms with E-state index in [1.54, 1.807) is 12.1 Å². The summed E-state index contributed by atoms with van der Waals surface area (Å²) in [7, 11) is 0. The molecule has 1 aromatic rings. The first-order valence-electron chi connectivity index (χ1n) is 5.18. The predicted molar refractivity (Wildman–Crippen MR) is 70.9 cm³/mol. The molecule has 1 N–H and O–H groups in total. The molecule has 1 unspecified atom stereocenters. The van der Waals surface area contributed by atoms with Crippen molar-refractivity contribution in [1.82, 2.24) is 5.32 Å². The summed E-state index contributed by atoms with van der Waals surface area (Å²) < 4.78 is 0.735. The summed E-state index contributed by atoms with van der Waals surface area (Å²) in [5.74, 6) is 0.266. The molecule has 16 heavy (non-hydrogen) atoms. The minimum Gasteiger partial charge on any atom is -0.349 e. The second-order valence-corrected chi connectivity index (χ2v) is 5.34. The van der Waals surface area contributed by atoms with Crippen molar-refractivity contribution in [1.29, 1.82) is 0 Å². The van der Waals surface area contributed by atoms with Crippen molar-refractivity contribution in [2.24, 2.45) is 5.92 Å². The summed E-state index contributed by atoms with van der Waals surface area (Å²) >= 11 is 9.34. The zero-order chi connectivity index (χ0) is 12.3. The van der Waals surface area contributed by atoms with E-state index in [9.17, 15) is 4.79 Å². The van der Waals surface area contributed by atoms with Gasteiger partial charge < -0.3 is 5.32 Å². The van der Waals surface area contributed by atoms with Crippen molar-refractivity contribution < 1.29 is 4.79 Å². The van der Waals surface area contributed by atoms with Gasteiger partial charge in [-0.1, -0.05) is 31.5 Å². The van der Waals surface area contributed by atoms with Crippen LogP contribution in [0.4, 0.5) is 0 Å². The van der Waals surface area contributed by atoms with Crippen molar-refractivity contribution >= 4 is 33.4 Å². The number of rotatable bonds is 3. The van der Waals surface area contributed by atoms with Crippen LogP contribution in [-0.2, 0) is 0 Å². The smallest absolute Gasteiger partial charge is 0.253 e. The summed E-state index contributed by atoms with van der Waals surface area (Å²) in [5.41, 5.74) is 0.503. The van der Waals surface area contributed by atoms with Crippen LogP contribution in [-0.4, -0.2) is 11.9 Å². The number of halogens is 2. The van der Waals surface area contributed by atoms with Gasteiger partial charge in [0.1, 0.15) is 0 Å². The fraction of sp³-hybridized carbons (Fsp3) is 0.417. The number of carbonyl (C=O) groups excluding carboxylic acids is 1. The Labute approximate surface area is 110 Å². The van der Waals surface area contributed by atoms with Crippen LogP contribution in [0, 0.1) is 5.92 Å². The molecule has 0 fully saturated rings. The van der Waals surface area contributed by atoms with Crippen LogP contribution in [0.1, 0.15) is 31.1 Å². The number of hydrogen-bond donors (Lipinski definition) is 1. The van der Waals surface area contributed by atoms with E-state index in [2.05, 4.69) is 35.1 Å². The number of amides is 1. The lowest BCUT2D eigenvalue weighted by Crippen LogP contribution is -2.36. The maximum atomic E-state index is 11.9. The van der Waals surface area contributed by atoms with Gasteiger partial charge in [0.2, 0.25) is 0 Å². The summed E-state index contributed by atoms with van der Waals surface area (Å²) in [4.78, 5) is 11.9. The second-order valence-electron chi connectivity index (χ2n) is 4.11. The number of carbonyl (C=O) groups is 1. The first-order valence-corrected chi connectivity index (χ1v) is 6.35. The molecule has 1 rings (SSSR count). The highest BCUT2D eigenvalue weighted by molar-refractivity contribution is 9.10. The SMILES string of the molecule is CC(C)C(C)NC(=O)c1cccc(Br)c1Cl. The molecule has 1 aromatic carbocycles. The molecule has 4 heteroatoms. The maximum absolute atomic E-state index is 11.9. The lowest BCUT2D eigenvalue weighted by Gasteiger charge is -2.18. The van der Waals surface area contributed by atoms with Gasteiger partial charge in [-0.15, -0.1) is 0 Å². The minimum atomic E-state index is -0.132. The molecule has 1 atom stereocenters. The van der Waals surface area contributed by atoms with Gasteiger partial charge in [-0.2, -0.15) is 0 Å². The molecule has 0 bridgehead atoms. The summed E-state index contributed by atoms with van der Waals surface area (Å²) in [5, 5.41) is 3.37. The molecule has 0 saturated heterocycles. The predicted octanol–water partition coefficient (Wildman–Crippen LogP) is 3.88. The molecule has 0 radical (unpaired) electrons. The third-order valence-corrected chi connectivity index (χ3v) is 3.85. The largest absolute Gasteiger partial charge is 0.349 e. The lowest BCUT2D eigenvalue weighted by molar-refractivity contribution is 0.0930. The summed E-state index contributed by atoms with van der Waals surface area (Å²) in [6.45, 7) is 6.11. The first-order chi connectivity index (χ1) is 7.43. The molecule has 0 saturated carbocycles. The zero-order valence-corrected chi connectivity index (χ0v) is 11.9. The van der Waals surface area contributed by atoms with E-state index in [-0.39, 0.29) is 11.9 Å². The van der Waals surface area contributed by atoms with Gasteiger partial charge in [0.05, 0.1) is 10.6 Å². The van der Waals surface area contributed by atoms with Crippen LogP contribution in [0.2, 0.25) is 5.02 Å². The molecule has 0 aliphatic carbocycles. The van der Waals surface area contributed by atoms with Crippen LogP contribution in [0.15, 0.2) is 22.7 Å². The molecule has 0 aliphatic rings. The minimum absolute atomic E-state index is 0.127. The topological polar surface area (TPSA) is 29.1 Å². The second kappa shape index (κ2) is 5.69. The van der Waals surface area contributed by atoms with Gasteiger partial charge in [0.25, 0.3) is 5.91 Å². The average Bonchev–Trinajstić information content (AvgIpc) is 2.21. The molecule has 0 aliphatic heterocycles. The van der Waals surface area contributed by atoms with Gasteiger partial charge >= 0.3 is 0 Å². The Kier molecular flexibility index (Phi) is 4.81. The van der Waals surface area contributed by atoms with E-state index >= 15 is 0 Å².